The third-order valence-corrected chi connectivity index (χ3v) is 0. The summed E-state index contributed by atoms with van der Waals surface area (Å²) in [6.45, 7) is 0. The van der Waals surface area contributed by atoms with E-state index in [0.717, 1.165) is 0 Å². The zero-order valence-corrected chi connectivity index (χ0v) is 6.99. The van der Waals surface area contributed by atoms with Crippen molar-refractivity contribution in [2.75, 3.05) is 0 Å². The molecule has 0 aliphatic heterocycles. The largest absolute Gasteiger partial charge is 0.549 e. The maximum Gasteiger partial charge on any atom is 0.549 e. The van der Waals surface area contributed by atoms with Crippen molar-refractivity contribution in [3.8, 4) is 0 Å². The number of rotatable bonds is 0. The van der Waals surface area contributed by atoms with Crippen LogP contribution in [0.1, 0.15) is 0 Å². The molecule has 0 rings (SSSR count). The summed E-state index contributed by atoms with van der Waals surface area (Å²) >= 11 is 0. The third kappa shape index (κ3) is 379. The summed E-state index contributed by atoms with van der Waals surface area (Å²) in [5.41, 5.74) is 0. The first-order valence-electron chi connectivity index (χ1n) is 0.408. The molecule has 0 atom stereocenters. The van der Waals surface area contributed by atoms with Crippen LogP contribution in [-0.4, -0.2) is 20.2 Å². The summed E-state index contributed by atoms with van der Waals surface area (Å²) < 4.78 is 16.8. The van der Waals surface area contributed by atoms with Gasteiger partial charge in [0.15, 0.2) is 0 Å². The van der Waals surface area contributed by atoms with Crippen LogP contribution >= 0.6 is 0 Å². The molecule has 0 spiro atoms. The molecule has 4 N–H and O–H groups in total. The zero-order valence-electron chi connectivity index (χ0n) is 3.02. The Kier molecular flexibility index (Phi) is 301. The Morgan fingerprint density at radius 2 is 1.00 bits per heavy atom. The Balaban J connectivity index is -0.00000000667. The molecule has 6 heavy (non-hydrogen) atoms. The van der Waals surface area contributed by atoms with Gasteiger partial charge in [0.25, 0.3) is 0 Å². The fourth-order valence-electron chi connectivity index (χ4n) is 0. The van der Waals surface area contributed by atoms with Gasteiger partial charge in [-0.15, -0.1) is 0 Å². The van der Waals surface area contributed by atoms with Crippen molar-refractivity contribution < 1.29 is 39.4 Å². The van der Waals surface area contributed by atoms with Crippen LogP contribution in [-0.2, 0) is 28.4 Å². The van der Waals surface area contributed by atoms with Crippen molar-refractivity contribution in [1.29, 1.82) is 0 Å². The maximum absolute atomic E-state index is 8.40. The van der Waals surface area contributed by atoms with E-state index in [1.54, 1.807) is 0 Å². The molecule has 34 valence electrons. The van der Waals surface area contributed by atoms with Crippen LogP contribution in [0.5, 0.6) is 0 Å². The van der Waals surface area contributed by atoms with E-state index in [0.29, 0.717) is 0 Å². The molecule has 0 aromatic heterocycles. The second-order valence-electron chi connectivity index (χ2n) is 0.0833. The molecular formula is H4O4SiZn. The molecule has 0 bridgehead atoms. The van der Waals surface area contributed by atoms with Crippen LogP contribution in [0.15, 0.2) is 0 Å². The predicted octanol–water partition coefficient (Wildman–Crippen LogP) is -2.27. The van der Waals surface area contributed by atoms with Crippen LogP contribution < -0.4 is 0 Å². The van der Waals surface area contributed by atoms with Gasteiger partial charge in [0.05, 0.1) is 0 Å². The predicted molar refractivity (Wildman–Crippen MR) is 14.4 cm³/mol. The fourth-order valence-corrected chi connectivity index (χ4v) is 0. The van der Waals surface area contributed by atoms with Crippen LogP contribution in [0.25, 0.3) is 0 Å². The second-order valence-corrected chi connectivity index (χ2v) is 0.250. The fraction of sp³-hybridized carbons (Fsp3) is 0. The quantitative estimate of drug-likeness (QED) is 0.375. The van der Waals surface area contributed by atoms with Gasteiger partial charge < -0.3 is 11.0 Å². The molecule has 0 fully saturated rings. The van der Waals surface area contributed by atoms with E-state index in [1.165, 1.54) is 0 Å². The summed E-state index contributed by atoms with van der Waals surface area (Å²) in [5.74, 6) is 0. The standard InChI is InChI=1S/O2Si.2H2O.Zn/c1-3-2;;;/h;2*1H2;. The molecule has 0 heterocycles. The van der Waals surface area contributed by atoms with Crippen LogP contribution in [0, 0.1) is 0 Å². The van der Waals surface area contributed by atoms with Crippen molar-refractivity contribution in [3.63, 3.8) is 0 Å². The SMILES string of the molecule is O.O.O=[Si]=O.[Zn]. The van der Waals surface area contributed by atoms with E-state index < -0.39 is 9.29 Å². The molecule has 0 unspecified atom stereocenters. The van der Waals surface area contributed by atoms with E-state index in [2.05, 4.69) is 0 Å². The summed E-state index contributed by atoms with van der Waals surface area (Å²) in [6.07, 6.45) is 0. The summed E-state index contributed by atoms with van der Waals surface area (Å²) in [4.78, 5) is 0. The Bertz CT molecular complexity index is 28.5. The number of hydrogen-bond acceptors (Lipinski definition) is 2. The van der Waals surface area contributed by atoms with Crippen LogP contribution in [0.2, 0.25) is 0 Å². The molecule has 0 aromatic carbocycles. The maximum atomic E-state index is 8.40. The third-order valence-electron chi connectivity index (χ3n) is 0. The van der Waals surface area contributed by atoms with Crippen molar-refractivity contribution in [1.82, 2.24) is 0 Å². The average molecular weight is 162 g/mol. The summed E-state index contributed by atoms with van der Waals surface area (Å²) in [6, 6.07) is 0. The monoisotopic (exact) mass is 160 g/mol. The van der Waals surface area contributed by atoms with Crippen molar-refractivity contribution in [2.45, 2.75) is 0 Å². The molecular weight excluding hydrogens is 157 g/mol. The van der Waals surface area contributed by atoms with Gasteiger partial charge in [-0.3, -0.25) is 8.92 Å². The second kappa shape index (κ2) is 55.1. The van der Waals surface area contributed by atoms with E-state index in [-0.39, 0.29) is 30.4 Å². The molecule has 0 amide bonds. The van der Waals surface area contributed by atoms with Crippen molar-refractivity contribution >= 4 is 9.29 Å². The first-order valence-corrected chi connectivity index (χ1v) is 1.22. The van der Waals surface area contributed by atoms with Crippen LogP contribution in [0.4, 0.5) is 0 Å². The normalized spacial score (nSPS) is 1.33. The van der Waals surface area contributed by atoms with E-state index >= 15 is 0 Å². The van der Waals surface area contributed by atoms with Gasteiger partial charge in [-0.05, 0) is 0 Å². The molecule has 0 radical (unpaired) electrons. The molecule has 0 aliphatic rings. The van der Waals surface area contributed by atoms with Gasteiger partial charge >= 0.3 is 9.29 Å². The van der Waals surface area contributed by atoms with Gasteiger partial charge in [0.1, 0.15) is 0 Å². The zero-order chi connectivity index (χ0) is 2.71. The smallest absolute Gasteiger partial charge is 0.412 e. The Morgan fingerprint density at radius 1 is 1.00 bits per heavy atom. The van der Waals surface area contributed by atoms with E-state index in [1.807, 2.05) is 0 Å². The van der Waals surface area contributed by atoms with Gasteiger partial charge in [-0.1, -0.05) is 0 Å². The molecule has 4 nitrogen and oxygen atoms in total. The average Bonchev–Trinajstić information content (AvgIpc) is 0.918. The Hall–Kier alpha value is 0.360. The number of hydrogen-bond donors (Lipinski definition) is 0. The molecule has 0 saturated carbocycles. The molecule has 0 saturated heterocycles. The van der Waals surface area contributed by atoms with Crippen LogP contribution in [0.3, 0.4) is 0 Å². The van der Waals surface area contributed by atoms with Gasteiger partial charge in [0, 0.05) is 19.5 Å². The Labute approximate surface area is 49.2 Å². The summed E-state index contributed by atoms with van der Waals surface area (Å²) in [7, 11) is -1.42. The minimum atomic E-state index is -1.42. The van der Waals surface area contributed by atoms with E-state index in [4.69, 9.17) is 8.92 Å². The summed E-state index contributed by atoms with van der Waals surface area (Å²) in [5, 5.41) is 0. The first-order chi connectivity index (χ1) is 1.41. The van der Waals surface area contributed by atoms with Gasteiger partial charge in [-0.25, -0.2) is 0 Å². The minimum absolute atomic E-state index is 0. The molecule has 6 heteroatoms. The van der Waals surface area contributed by atoms with Crippen molar-refractivity contribution in [3.05, 3.63) is 0 Å². The Morgan fingerprint density at radius 3 is 1.00 bits per heavy atom. The van der Waals surface area contributed by atoms with Gasteiger partial charge in [0.2, 0.25) is 0 Å². The minimum Gasteiger partial charge on any atom is -0.412 e. The molecule has 0 aromatic rings. The molecule has 0 aliphatic carbocycles. The van der Waals surface area contributed by atoms with Crippen molar-refractivity contribution in [2.24, 2.45) is 0 Å². The van der Waals surface area contributed by atoms with E-state index in [9.17, 15) is 0 Å². The first kappa shape index (κ1) is 32.8. The van der Waals surface area contributed by atoms with Gasteiger partial charge in [-0.2, -0.15) is 0 Å². The topological polar surface area (TPSA) is 97.1 Å².